The van der Waals surface area contributed by atoms with Crippen molar-refractivity contribution in [3.8, 4) is 17.3 Å². The highest BCUT2D eigenvalue weighted by Gasteiger charge is 2.23. The Hall–Kier alpha value is -3.82. The number of nitrogens with zero attached hydrogens (tertiary/aromatic N) is 6. The molecule has 1 aromatic carbocycles. The van der Waals surface area contributed by atoms with Crippen molar-refractivity contribution in [2.45, 2.75) is 6.92 Å². The van der Waals surface area contributed by atoms with E-state index in [1.807, 2.05) is 29.8 Å². The second kappa shape index (κ2) is 7.54. The fourth-order valence-corrected chi connectivity index (χ4v) is 3.54. The molecule has 0 saturated carbocycles. The maximum absolute atomic E-state index is 12.7. The molecular weight excluding hydrogens is 386 g/mol. The molecule has 2 aliphatic heterocycles. The number of hydrogen-bond donors (Lipinski definition) is 1. The lowest BCUT2D eigenvalue weighted by Gasteiger charge is -2.35. The highest BCUT2D eigenvalue weighted by atomic mass is 16.7. The summed E-state index contributed by atoms with van der Waals surface area (Å²) in [6.07, 6.45) is 5.28. The first kappa shape index (κ1) is 18.2. The summed E-state index contributed by atoms with van der Waals surface area (Å²) in [5, 5.41) is 2.93. The van der Waals surface area contributed by atoms with Gasteiger partial charge in [-0.2, -0.15) is 0 Å². The van der Waals surface area contributed by atoms with Crippen molar-refractivity contribution in [1.29, 1.82) is 0 Å². The SMILES string of the molecule is Cc1nc(N2CCN(C(=O)Nc3ccc4c(c3)OCO4)CC2)cc(-n2ccnc2)n1. The predicted molar refractivity (Wildman–Crippen MR) is 109 cm³/mol. The van der Waals surface area contributed by atoms with Crippen LogP contribution in [0.4, 0.5) is 16.3 Å². The molecular formula is C20H21N7O3. The van der Waals surface area contributed by atoms with Gasteiger partial charge < -0.3 is 24.6 Å². The number of anilines is 2. The molecule has 0 atom stereocenters. The van der Waals surface area contributed by atoms with Crippen molar-refractivity contribution in [1.82, 2.24) is 24.4 Å². The first-order valence-electron chi connectivity index (χ1n) is 9.70. The third kappa shape index (κ3) is 3.59. The van der Waals surface area contributed by atoms with E-state index in [1.165, 1.54) is 0 Å². The van der Waals surface area contributed by atoms with E-state index in [0.717, 1.165) is 11.6 Å². The second-order valence-electron chi connectivity index (χ2n) is 7.07. The molecule has 0 spiro atoms. The van der Waals surface area contributed by atoms with Crippen LogP contribution in [0, 0.1) is 6.92 Å². The van der Waals surface area contributed by atoms with Crippen LogP contribution in [0.1, 0.15) is 5.82 Å². The molecule has 4 heterocycles. The first-order valence-corrected chi connectivity index (χ1v) is 9.70. The minimum absolute atomic E-state index is 0.133. The van der Waals surface area contributed by atoms with Gasteiger partial charge in [0.05, 0.1) is 0 Å². The monoisotopic (exact) mass is 407 g/mol. The zero-order valence-electron chi connectivity index (χ0n) is 16.5. The highest BCUT2D eigenvalue weighted by molar-refractivity contribution is 5.90. The molecule has 10 nitrogen and oxygen atoms in total. The van der Waals surface area contributed by atoms with E-state index in [1.54, 1.807) is 29.6 Å². The lowest BCUT2D eigenvalue weighted by Crippen LogP contribution is -2.50. The molecule has 2 aliphatic rings. The van der Waals surface area contributed by atoms with Crippen molar-refractivity contribution < 1.29 is 14.3 Å². The summed E-state index contributed by atoms with van der Waals surface area (Å²) in [4.78, 5) is 29.8. The standard InChI is InChI=1S/C20H21N7O3/c1-14-22-18(11-19(23-14)27-5-4-21-12-27)25-6-8-26(9-7-25)20(28)24-15-2-3-16-17(10-15)30-13-29-16/h2-5,10-12H,6-9,13H2,1H3,(H,24,28). The lowest BCUT2D eigenvalue weighted by atomic mass is 10.2. The van der Waals surface area contributed by atoms with Gasteiger partial charge in [-0.25, -0.2) is 19.7 Å². The number of imidazole rings is 1. The fraction of sp³-hybridized carbons (Fsp3) is 0.300. The summed E-state index contributed by atoms with van der Waals surface area (Å²) in [6.45, 7) is 4.65. The van der Waals surface area contributed by atoms with Crippen LogP contribution >= 0.6 is 0 Å². The van der Waals surface area contributed by atoms with Gasteiger partial charge in [-0.05, 0) is 19.1 Å². The number of fused-ring (bicyclic) bond motifs is 1. The summed E-state index contributed by atoms with van der Waals surface area (Å²) in [6, 6.07) is 7.19. The molecule has 0 unspecified atom stereocenters. The molecule has 1 saturated heterocycles. The Labute approximate surface area is 173 Å². The third-order valence-corrected chi connectivity index (χ3v) is 5.09. The molecule has 2 amide bonds. The van der Waals surface area contributed by atoms with Gasteiger partial charge in [-0.1, -0.05) is 0 Å². The number of rotatable bonds is 3. The highest BCUT2D eigenvalue weighted by Crippen LogP contribution is 2.34. The number of nitrogens with one attached hydrogen (secondary N) is 1. The Morgan fingerprint density at radius 3 is 2.63 bits per heavy atom. The maximum Gasteiger partial charge on any atom is 0.321 e. The molecule has 5 rings (SSSR count). The van der Waals surface area contributed by atoms with Crippen LogP contribution in [-0.2, 0) is 0 Å². The van der Waals surface area contributed by atoms with E-state index >= 15 is 0 Å². The van der Waals surface area contributed by atoms with Gasteiger partial charge in [0.1, 0.15) is 23.8 Å². The lowest BCUT2D eigenvalue weighted by molar-refractivity contribution is 0.174. The normalized spacial score (nSPS) is 15.4. The van der Waals surface area contributed by atoms with Crippen molar-refractivity contribution in [2.75, 3.05) is 43.2 Å². The predicted octanol–water partition coefficient (Wildman–Crippen LogP) is 2.05. The van der Waals surface area contributed by atoms with E-state index in [9.17, 15) is 4.79 Å². The van der Waals surface area contributed by atoms with Gasteiger partial charge in [-0.15, -0.1) is 0 Å². The average Bonchev–Trinajstić information content (AvgIpc) is 3.45. The molecule has 3 aromatic rings. The Balaban J connectivity index is 1.23. The molecule has 0 radical (unpaired) electrons. The molecule has 1 N–H and O–H groups in total. The number of ether oxygens (including phenoxy) is 2. The van der Waals surface area contributed by atoms with E-state index in [4.69, 9.17) is 9.47 Å². The fourth-order valence-electron chi connectivity index (χ4n) is 3.54. The van der Waals surface area contributed by atoms with Crippen molar-refractivity contribution in [3.63, 3.8) is 0 Å². The van der Waals surface area contributed by atoms with Crippen LogP contribution in [0.3, 0.4) is 0 Å². The number of piperazine rings is 1. The van der Waals surface area contributed by atoms with Gasteiger partial charge in [0.15, 0.2) is 11.5 Å². The number of hydrogen-bond acceptors (Lipinski definition) is 7. The van der Waals surface area contributed by atoms with Crippen LogP contribution in [-0.4, -0.2) is 63.4 Å². The van der Waals surface area contributed by atoms with Crippen molar-refractivity contribution in [2.24, 2.45) is 0 Å². The molecule has 10 heteroatoms. The molecule has 2 aromatic heterocycles. The molecule has 1 fully saturated rings. The average molecular weight is 407 g/mol. The third-order valence-electron chi connectivity index (χ3n) is 5.09. The van der Waals surface area contributed by atoms with Gasteiger partial charge in [-0.3, -0.25) is 4.57 Å². The van der Waals surface area contributed by atoms with Crippen molar-refractivity contribution >= 4 is 17.5 Å². The zero-order chi connectivity index (χ0) is 20.5. The molecule has 30 heavy (non-hydrogen) atoms. The number of carbonyl (C=O) groups excluding carboxylic acids is 1. The topological polar surface area (TPSA) is 97.6 Å². The van der Waals surface area contributed by atoms with Gasteiger partial charge in [0.25, 0.3) is 0 Å². The molecule has 0 aliphatic carbocycles. The van der Waals surface area contributed by atoms with Crippen molar-refractivity contribution in [3.05, 3.63) is 48.8 Å². The molecule has 0 bridgehead atoms. The van der Waals surface area contributed by atoms with Gasteiger partial charge >= 0.3 is 6.03 Å². The van der Waals surface area contributed by atoms with E-state index in [0.29, 0.717) is 49.2 Å². The van der Waals surface area contributed by atoms with E-state index in [-0.39, 0.29) is 12.8 Å². The Bertz CT molecular complexity index is 1060. The summed E-state index contributed by atoms with van der Waals surface area (Å²) in [5.41, 5.74) is 0.683. The summed E-state index contributed by atoms with van der Waals surface area (Å²) in [5.74, 6) is 3.65. The van der Waals surface area contributed by atoms with Crippen LogP contribution in [0.15, 0.2) is 43.0 Å². The van der Waals surface area contributed by atoms with Gasteiger partial charge in [0, 0.05) is 56.4 Å². The summed E-state index contributed by atoms with van der Waals surface area (Å²) >= 11 is 0. The minimum atomic E-state index is -0.133. The zero-order valence-corrected chi connectivity index (χ0v) is 16.5. The second-order valence-corrected chi connectivity index (χ2v) is 7.07. The largest absolute Gasteiger partial charge is 0.454 e. The number of aryl methyl sites for hydroxylation is 1. The first-order chi connectivity index (χ1) is 14.7. The van der Waals surface area contributed by atoms with E-state index in [2.05, 4.69) is 25.2 Å². The summed E-state index contributed by atoms with van der Waals surface area (Å²) in [7, 11) is 0. The van der Waals surface area contributed by atoms with E-state index < -0.39 is 0 Å². The van der Waals surface area contributed by atoms with Crippen LogP contribution in [0.25, 0.3) is 5.82 Å². The summed E-state index contributed by atoms with van der Waals surface area (Å²) < 4.78 is 12.5. The smallest absolute Gasteiger partial charge is 0.321 e. The van der Waals surface area contributed by atoms with Crippen LogP contribution in [0.5, 0.6) is 11.5 Å². The Kier molecular flexibility index (Phi) is 4.58. The molecule has 154 valence electrons. The van der Waals surface area contributed by atoms with Gasteiger partial charge in [0.2, 0.25) is 6.79 Å². The maximum atomic E-state index is 12.7. The van der Waals surface area contributed by atoms with Crippen LogP contribution in [0.2, 0.25) is 0 Å². The Morgan fingerprint density at radius 1 is 1.03 bits per heavy atom. The minimum Gasteiger partial charge on any atom is -0.454 e. The number of urea groups is 1. The number of benzene rings is 1. The number of amides is 2. The Morgan fingerprint density at radius 2 is 1.83 bits per heavy atom. The van der Waals surface area contributed by atoms with Crippen LogP contribution < -0.4 is 19.7 Å². The number of carbonyl (C=O) groups is 1. The quantitative estimate of drug-likeness (QED) is 0.710. The number of aromatic nitrogens is 4.